The lowest BCUT2D eigenvalue weighted by atomic mass is 10.2. The quantitative estimate of drug-likeness (QED) is 0.343. The van der Waals surface area contributed by atoms with Crippen molar-refractivity contribution in [2.75, 3.05) is 33.3 Å². The summed E-state index contributed by atoms with van der Waals surface area (Å²) in [6.45, 7) is 4.33. The van der Waals surface area contributed by atoms with Crippen molar-refractivity contribution in [1.29, 1.82) is 0 Å². The molecule has 2 N–H and O–H groups in total. The van der Waals surface area contributed by atoms with Crippen LogP contribution in [0.15, 0.2) is 29.3 Å². The zero-order valence-corrected chi connectivity index (χ0v) is 18.0. The molecule has 1 aliphatic rings. The Morgan fingerprint density at radius 3 is 2.78 bits per heavy atom. The van der Waals surface area contributed by atoms with Crippen molar-refractivity contribution in [3.8, 4) is 5.75 Å². The molecule has 1 fully saturated rings. The molecule has 1 aromatic carbocycles. The van der Waals surface area contributed by atoms with E-state index in [1.165, 1.54) is 18.9 Å². The van der Waals surface area contributed by atoms with Crippen LogP contribution in [0, 0.1) is 0 Å². The number of guanidine groups is 1. The third-order valence-electron chi connectivity index (χ3n) is 4.39. The maximum atomic E-state index is 12.2. The third-order valence-corrected chi connectivity index (χ3v) is 4.39. The van der Waals surface area contributed by atoms with Gasteiger partial charge in [0.05, 0.1) is 0 Å². The fraction of sp³-hybridized carbons (Fsp3) is 0.611. The fourth-order valence-corrected chi connectivity index (χ4v) is 3.07. The molecule has 1 aliphatic heterocycles. The number of halogens is 4. The lowest BCUT2D eigenvalue weighted by Gasteiger charge is -2.24. The summed E-state index contributed by atoms with van der Waals surface area (Å²) in [6.07, 6.45) is -1.94. The number of benzene rings is 1. The topological polar surface area (TPSA) is 48.9 Å². The fourth-order valence-electron chi connectivity index (χ4n) is 3.07. The molecule has 9 heteroatoms. The van der Waals surface area contributed by atoms with Crippen LogP contribution in [-0.4, -0.2) is 56.4 Å². The van der Waals surface area contributed by atoms with E-state index in [9.17, 15) is 13.2 Å². The van der Waals surface area contributed by atoms with Gasteiger partial charge >= 0.3 is 6.18 Å². The van der Waals surface area contributed by atoms with Gasteiger partial charge in [-0.3, -0.25) is 9.89 Å². The molecule has 1 heterocycles. The average molecular weight is 500 g/mol. The highest BCUT2D eigenvalue weighted by molar-refractivity contribution is 14.0. The predicted octanol–water partition coefficient (Wildman–Crippen LogP) is 3.40. The Balaban J connectivity index is 0.00000364. The van der Waals surface area contributed by atoms with E-state index < -0.39 is 12.8 Å². The minimum atomic E-state index is -4.34. The van der Waals surface area contributed by atoms with Gasteiger partial charge in [-0.2, -0.15) is 13.2 Å². The standard InChI is InChI=1S/C18H27F3N4O.HI/c1-3-25-9-5-7-15(25)12-24-17(22-2)23-11-14-6-4-8-16(10-14)26-13-18(19,20)21;/h4,6,8,10,15H,3,5,7,9,11-13H2,1-2H3,(H2,22,23,24);1H. The zero-order chi connectivity index (χ0) is 19.0. The highest BCUT2D eigenvalue weighted by atomic mass is 127. The van der Waals surface area contributed by atoms with Crippen molar-refractivity contribution >= 4 is 29.9 Å². The molecule has 2 rings (SSSR count). The number of ether oxygens (including phenoxy) is 1. The molecule has 1 aromatic rings. The van der Waals surface area contributed by atoms with Crippen molar-refractivity contribution in [3.63, 3.8) is 0 Å². The summed E-state index contributed by atoms with van der Waals surface area (Å²) < 4.78 is 41.5. The van der Waals surface area contributed by atoms with Gasteiger partial charge in [-0.15, -0.1) is 24.0 Å². The molecule has 27 heavy (non-hydrogen) atoms. The Hall–Kier alpha value is -1.23. The van der Waals surface area contributed by atoms with Crippen LogP contribution < -0.4 is 15.4 Å². The molecule has 0 aromatic heterocycles. The molecule has 0 saturated carbocycles. The van der Waals surface area contributed by atoms with Gasteiger partial charge in [0.2, 0.25) is 0 Å². The van der Waals surface area contributed by atoms with Gasteiger partial charge in [0.25, 0.3) is 0 Å². The minimum absolute atomic E-state index is 0. The van der Waals surface area contributed by atoms with Crippen LogP contribution in [0.25, 0.3) is 0 Å². The maximum absolute atomic E-state index is 12.2. The van der Waals surface area contributed by atoms with Crippen LogP contribution in [0.1, 0.15) is 25.3 Å². The summed E-state index contributed by atoms with van der Waals surface area (Å²) in [5, 5.41) is 6.51. The van der Waals surface area contributed by atoms with Gasteiger partial charge in [0.1, 0.15) is 5.75 Å². The Morgan fingerprint density at radius 2 is 2.11 bits per heavy atom. The SMILES string of the molecule is CCN1CCCC1CNC(=NC)NCc1cccc(OCC(F)(F)F)c1.I. The third kappa shape index (κ3) is 8.54. The van der Waals surface area contributed by atoms with E-state index in [0.717, 1.165) is 25.2 Å². The largest absolute Gasteiger partial charge is 0.484 e. The Morgan fingerprint density at radius 1 is 1.33 bits per heavy atom. The van der Waals surface area contributed by atoms with Crippen LogP contribution in [0.4, 0.5) is 13.2 Å². The number of rotatable bonds is 7. The highest BCUT2D eigenvalue weighted by Crippen LogP contribution is 2.19. The predicted molar refractivity (Wildman–Crippen MR) is 112 cm³/mol. The normalized spacial score (nSPS) is 18.1. The first-order valence-electron chi connectivity index (χ1n) is 8.88. The molecule has 0 aliphatic carbocycles. The molecule has 0 bridgehead atoms. The summed E-state index contributed by atoms with van der Waals surface area (Å²) in [6, 6.07) is 7.13. The number of likely N-dealkylation sites (N-methyl/N-ethyl adjacent to an activating group) is 1. The molecule has 0 amide bonds. The number of aliphatic imine (C=N–C) groups is 1. The van der Waals surface area contributed by atoms with Gasteiger partial charge in [0, 0.05) is 26.2 Å². The first kappa shape index (κ1) is 23.8. The van der Waals surface area contributed by atoms with Crippen molar-refractivity contribution in [1.82, 2.24) is 15.5 Å². The van der Waals surface area contributed by atoms with Gasteiger partial charge < -0.3 is 15.4 Å². The smallest absolute Gasteiger partial charge is 0.422 e. The van der Waals surface area contributed by atoms with Crippen LogP contribution in [-0.2, 0) is 6.54 Å². The first-order chi connectivity index (χ1) is 12.4. The van der Waals surface area contributed by atoms with Gasteiger partial charge in [0.15, 0.2) is 12.6 Å². The van der Waals surface area contributed by atoms with E-state index in [-0.39, 0.29) is 29.7 Å². The molecule has 1 atom stereocenters. The highest BCUT2D eigenvalue weighted by Gasteiger charge is 2.28. The summed E-state index contributed by atoms with van der Waals surface area (Å²) in [4.78, 5) is 6.65. The molecule has 1 saturated heterocycles. The van der Waals surface area contributed by atoms with E-state index >= 15 is 0 Å². The number of likely N-dealkylation sites (tertiary alicyclic amines) is 1. The number of hydrogen-bond donors (Lipinski definition) is 2. The molecular formula is C18H28F3IN4O. The van der Waals surface area contributed by atoms with Crippen molar-refractivity contribution in [2.45, 2.75) is 38.5 Å². The second-order valence-corrected chi connectivity index (χ2v) is 6.28. The van der Waals surface area contributed by atoms with Gasteiger partial charge in [-0.1, -0.05) is 19.1 Å². The van der Waals surface area contributed by atoms with Crippen LogP contribution in [0.5, 0.6) is 5.75 Å². The lowest BCUT2D eigenvalue weighted by Crippen LogP contribution is -2.44. The molecule has 1 unspecified atom stereocenters. The number of hydrogen-bond acceptors (Lipinski definition) is 3. The lowest BCUT2D eigenvalue weighted by molar-refractivity contribution is -0.153. The van der Waals surface area contributed by atoms with Crippen molar-refractivity contribution < 1.29 is 17.9 Å². The molecule has 0 spiro atoms. The minimum Gasteiger partial charge on any atom is -0.484 e. The Labute approximate surface area is 175 Å². The monoisotopic (exact) mass is 500 g/mol. The maximum Gasteiger partial charge on any atom is 0.422 e. The zero-order valence-electron chi connectivity index (χ0n) is 15.7. The van der Waals surface area contributed by atoms with Crippen LogP contribution in [0.2, 0.25) is 0 Å². The number of nitrogens with one attached hydrogen (secondary N) is 2. The second kappa shape index (κ2) is 11.6. The van der Waals surface area contributed by atoms with Crippen molar-refractivity contribution in [3.05, 3.63) is 29.8 Å². The van der Waals surface area contributed by atoms with E-state index in [0.29, 0.717) is 18.5 Å². The first-order valence-corrected chi connectivity index (χ1v) is 8.88. The van der Waals surface area contributed by atoms with Gasteiger partial charge in [-0.05, 0) is 43.6 Å². The van der Waals surface area contributed by atoms with E-state index in [1.807, 2.05) is 6.07 Å². The Bertz CT molecular complexity index is 598. The molecular weight excluding hydrogens is 472 g/mol. The van der Waals surface area contributed by atoms with Gasteiger partial charge in [-0.25, -0.2) is 0 Å². The molecule has 5 nitrogen and oxygen atoms in total. The summed E-state index contributed by atoms with van der Waals surface area (Å²) in [5.41, 5.74) is 0.823. The second-order valence-electron chi connectivity index (χ2n) is 6.28. The molecule has 154 valence electrons. The van der Waals surface area contributed by atoms with Crippen LogP contribution in [0.3, 0.4) is 0 Å². The number of nitrogens with zero attached hydrogens (tertiary/aromatic N) is 2. The van der Waals surface area contributed by atoms with E-state index in [4.69, 9.17) is 4.74 Å². The number of alkyl halides is 3. The summed E-state index contributed by atoms with van der Waals surface area (Å²) in [7, 11) is 1.70. The van der Waals surface area contributed by atoms with E-state index in [1.54, 1.807) is 19.2 Å². The van der Waals surface area contributed by atoms with Crippen molar-refractivity contribution in [2.24, 2.45) is 4.99 Å². The van der Waals surface area contributed by atoms with Crippen LogP contribution >= 0.6 is 24.0 Å². The average Bonchev–Trinajstić information content (AvgIpc) is 3.07. The van der Waals surface area contributed by atoms with E-state index in [2.05, 4.69) is 27.4 Å². The molecule has 0 radical (unpaired) electrons. The summed E-state index contributed by atoms with van der Waals surface area (Å²) in [5.74, 6) is 0.878. The summed E-state index contributed by atoms with van der Waals surface area (Å²) >= 11 is 0. The Kier molecular flexibility index (Phi) is 10.2.